The average Bonchev–Trinajstić information content (AvgIpc) is 3.27. The van der Waals surface area contributed by atoms with Crippen LogP contribution < -0.4 is 10.2 Å². The minimum Gasteiger partial charge on any atom is -0.452 e. The van der Waals surface area contributed by atoms with Crippen molar-refractivity contribution in [3.8, 4) is 0 Å². The molecule has 8 nitrogen and oxygen atoms in total. The number of nitrogens with one attached hydrogen (secondary N) is 1. The molecule has 0 bridgehead atoms. The number of thioether (sulfide) groups is 1. The monoisotopic (exact) mass is 451 g/mol. The molecule has 1 saturated heterocycles. The van der Waals surface area contributed by atoms with Gasteiger partial charge in [0.2, 0.25) is 0 Å². The van der Waals surface area contributed by atoms with E-state index in [-0.39, 0.29) is 11.3 Å². The Morgan fingerprint density at radius 1 is 1.16 bits per heavy atom. The number of nitro groups is 1. The van der Waals surface area contributed by atoms with Gasteiger partial charge in [-0.3, -0.25) is 14.9 Å². The Morgan fingerprint density at radius 3 is 2.45 bits per heavy atom. The third-order valence-corrected chi connectivity index (χ3v) is 5.28. The van der Waals surface area contributed by atoms with Crippen LogP contribution in [-0.4, -0.2) is 42.3 Å². The van der Waals surface area contributed by atoms with E-state index in [4.69, 9.17) is 4.74 Å². The SMILES string of the molecule is O=C(COC(=O)c1cc([N+](=O)[O-])ccc1N1CCCC1)Nc1ccc(SC(F)F)cc1. The molecular formula is C20H19F2N3O5S. The van der Waals surface area contributed by atoms with E-state index in [1.165, 1.54) is 36.4 Å². The zero-order valence-electron chi connectivity index (χ0n) is 16.3. The van der Waals surface area contributed by atoms with Crippen molar-refractivity contribution < 1.29 is 28.0 Å². The minimum absolute atomic E-state index is 0.0253. The minimum atomic E-state index is -2.54. The number of amides is 1. The van der Waals surface area contributed by atoms with Crippen molar-refractivity contribution in [3.05, 3.63) is 58.1 Å². The molecule has 2 aromatic carbocycles. The van der Waals surface area contributed by atoms with E-state index >= 15 is 0 Å². The number of alkyl halides is 2. The number of non-ortho nitro benzene ring substituents is 1. The molecular weight excluding hydrogens is 432 g/mol. The lowest BCUT2D eigenvalue weighted by Gasteiger charge is -2.20. The van der Waals surface area contributed by atoms with Gasteiger partial charge in [-0.25, -0.2) is 4.79 Å². The third-order valence-electron chi connectivity index (χ3n) is 4.56. The van der Waals surface area contributed by atoms with Crippen LogP contribution in [0.2, 0.25) is 0 Å². The highest BCUT2D eigenvalue weighted by molar-refractivity contribution is 7.99. The summed E-state index contributed by atoms with van der Waals surface area (Å²) < 4.78 is 29.8. The number of rotatable bonds is 8. The lowest BCUT2D eigenvalue weighted by atomic mass is 10.1. The molecule has 1 fully saturated rings. The predicted octanol–water partition coefficient (Wildman–Crippen LogP) is 4.31. The predicted molar refractivity (Wildman–Crippen MR) is 112 cm³/mol. The van der Waals surface area contributed by atoms with Gasteiger partial charge in [0.05, 0.1) is 16.2 Å². The van der Waals surface area contributed by atoms with Crippen molar-refractivity contribution in [1.82, 2.24) is 0 Å². The first-order valence-corrected chi connectivity index (χ1v) is 10.3. The molecule has 11 heteroatoms. The second-order valence-electron chi connectivity index (χ2n) is 6.68. The maximum atomic E-state index is 12.6. The molecule has 1 amide bonds. The van der Waals surface area contributed by atoms with Crippen molar-refractivity contribution in [2.75, 3.05) is 29.9 Å². The van der Waals surface area contributed by atoms with Gasteiger partial charge < -0.3 is 15.0 Å². The largest absolute Gasteiger partial charge is 0.452 e. The van der Waals surface area contributed by atoms with Crippen molar-refractivity contribution >= 4 is 40.7 Å². The van der Waals surface area contributed by atoms with Crippen molar-refractivity contribution in [2.24, 2.45) is 0 Å². The fraction of sp³-hybridized carbons (Fsp3) is 0.300. The normalized spacial score (nSPS) is 13.3. The Labute approximate surface area is 180 Å². The van der Waals surface area contributed by atoms with Crippen LogP contribution in [0.5, 0.6) is 0 Å². The highest BCUT2D eigenvalue weighted by Crippen LogP contribution is 2.29. The summed E-state index contributed by atoms with van der Waals surface area (Å²) in [5.41, 5.74) is 0.659. The van der Waals surface area contributed by atoms with E-state index in [1.54, 1.807) is 0 Å². The number of nitro benzene ring substituents is 1. The number of anilines is 2. The number of carbonyl (C=O) groups excluding carboxylic acids is 2. The van der Waals surface area contributed by atoms with Crippen LogP contribution in [-0.2, 0) is 9.53 Å². The first kappa shape index (κ1) is 22.5. The van der Waals surface area contributed by atoms with Crippen molar-refractivity contribution in [2.45, 2.75) is 23.5 Å². The van der Waals surface area contributed by atoms with Crippen LogP contribution in [0.15, 0.2) is 47.4 Å². The number of benzene rings is 2. The van der Waals surface area contributed by atoms with Gasteiger partial charge in [0.1, 0.15) is 0 Å². The number of hydrogen-bond donors (Lipinski definition) is 1. The summed E-state index contributed by atoms with van der Waals surface area (Å²) in [5, 5.41) is 13.6. The zero-order chi connectivity index (χ0) is 22.4. The average molecular weight is 451 g/mol. The quantitative estimate of drug-likeness (QED) is 0.276. The van der Waals surface area contributed by atoms with Crippen molar-refractivity contribution in [1.29, 1.82) is 0 Å². The summed E-state index contributed by atoms with van der Waals surface area (Å²) in [7, 11) is 0. The fourth-order valence-corrected chi connectivity index (χ4v) is 3.66. The van der Waals surface area contributed by atoms with E-state index < -0.39 is 29.2 Å². The highest BCUT2D eigenvalue weighted by Gasteiger charge is 2.24. The van der Waals surface area contributed by atoms with Gasteiger partial charge in [-0.1, -0.05) is 11.8 Å². The van der Waals surface area contributed by atoms with Crippen LogP contribution >= 0.6 is 11.8 Å². The van der Waals surface area contributed by atoms with E-state index in [1.807, 2.05) is 4.90 Å². The number of halogens is 2. The molecule has 2 aromatic rings. The van der Waals surface area contributed by atoms with Crippen LogP contribution in [0.3, 0.4) is 0 Å². The number of nitrogens with zero attached hydrogens (tertiary/aromatic N) is 2. The molecule has 1 N–H and O–H groups in total. The van der Waals surface area contributed by atoms with E-state index in [9.17, 15) is 28.5 Å². The van der Waals surface area contributed by atoms with Crippen LogP contribution in [0.4, 0.5) is 25.8 Å². The number of esters is 1. The molecule has 0 aliphatic carbocycles. The molecule has 3 rings (SSSR count). The smallest absolute Gasteiger partial charge is 0.341 e. The lowest BCUT2D eigenvalue weighted by Crippen LogP contribution is -2.24. The van der Waals surface area contributed by atoms with E-state index in [0.29, 0.717) is 28.0 Å². The number of hydrogen-bond acceptors (Lipinski definition) is 7. The lowest BCUT2D eigenvalue weighted by molar-refractivity contribution is -0.384. The summed E-state index contributed by atoms with van der Waals surface area (Å²) in [4.78, 5) is 37.5. The molecule has 164 valence electrons. The summed E-state index contributed by atoms with van der Waals surface area (Å²) in [6, 6.07) is 9.76. The Hall–Kier alpha value is -3.21. The molecule has 0 aromatic heterocycles. The summed E-state index contributed by atoms with van der Waals surface area (Å²) >= 11 is 0.385. The second-order valence-corrected chi connectivity index (χ2v) is 7.74. The van der Waals surface area contributed by atoms with Gasteiger partial charge in [-0.05, 0) is 43.2 Å². The van der Waals surface area contributed by atoms with Crippen molar-refractivity contribution in [3.63, 3.8) is 0 Å². The maximum Gasteiger partial charge on any atom is 0.341 e. The number of ether oxygens (including phenoxy) is 1. The molecule has 31 heavy (non-hydrogen) atoms. The van der Waals surface area contributed by atoms with Crippen LogP contribution in [0, 0.1) is 10.1 Å². The molecule has 0 saturated carbocycles. The Bertz CT molecular complexity index is 966. The maximum absolute atomic E-state index is 12.6. The molecule has 0 atom stereocenters. The van der Waals surface area contributed by atoms with Gasteiger partial charge in [-0.2, -0.15) is 8.78 Å². The molecule has 0 unspecified atom stereocenters. The summed E-state index contributed by atoms with van der Waals surface area (Å²) in [6.07, 6.45) is 1.89. The summed E-state index contributed by atoms with van der Waals surface area (Å²) in [5.74, 6) is -4.01. The first-order chi connectivity index (χ1) is 14.8. The van der Waals surface area contributed by atoms with Gasteiger partial charge in [0, 0.05) is 35.8 Å². The van der Waals surface area contributed by atoms with Gasteiger partial charge in [0.25, 0.3) is 17.4 Å². The van der Waals surface area contributed by atoms with Gasteiger partial charge in [0.15, 0.2) is 6.61 Å². The van der Waals surface area contributed by atoms with E-state index in [2.05, 4.69) is 5.32 Å². The Balaban J connectivity index is 1.63. The highest BCUT2D eigenvalue weighted by atomic mass is 32.2. The Morgan fingerprint density at radius 2 is 1.84 bits per heavy atom. The zero-order valence-corrected chi connectivity index (χ0v) is 17.1. The molecule has 1 aliphatic rings. The first-order valence-electron chi connectivity index (χ1n) is 9.39. The van der Waals surface area contributed by atoms with Crippen LogP contribution in [0.1, 0.15) is 23.2 Å². The molecule has 0 spiro atoms. The van der Waals surface area contributed by atoms with Gasteiger partial charge >= 0.3 is 5.97 Å². The third kappa shape index (κ3) is 6.14. The standard InChI is InChI=1S/C20H19F2N3O5S/c21-20(22)31-15-6-3-13(4-7-15)23-18(26)12-30-19(27)16-11-14(25(28)29)5-8-17(16)24-9-1-2-10-24/h3-8,11,20H,1-2,9-10,12H2,(H,23,26). The van der Waals surface area contributed by atoms with Crippen LogP contribution in [0.25, 0.3) is 0 Å². The topological polar surface area (TPSA) is 102 Å². The second kappa shape index (κ2) is 10.2. The number of carbonyl (C=O) groups is 2. The fourth-order valence-electron chi connectivity index (χ4n) is 3.16. The molecule has 1 aliphatic heterocycles. The summed E-state index contributed by atoms with van der Waals surface area (Å²) in [6.45, 7) is 0.839. The Kier molecular flexibility index (Phi) is 7.40. The molecule has 0 radical (unpaired) electrons. The molecule has 1 heterocycles. The van der Waals surface area contributed by atoms with Gasteiger partial charge in [-0.15, -0.1) is 0 Å². The van der Waals surface area contributed by atoms with E-state index in [0.717, 1.165) is 32.0 Å².